The van der Waals surface area contributed by atoms with E-state index in [-0.39, 0.29) is 0 Å². The maximum absolute atomic E-state index is 3.44. The minimum atomic E-state index is 0.542. The largest absolute Gasteiger partial charge is 0.316 e. The second-order valence-corrected chi connectivity index (χ2v) is 4.19. The number of hydrogen-bond donors (Lipinski definition) is 1. The van der Waals surface area contributed by atoms with Gasteiger partial charge in [-0.1, -0.05) is 27.7 Å². The topological polar surface area (TPSA) is 12.0 Å². The number of nitrogens with one attached hydrogen (secondary N) is 1. The third-order valence-electron chi connectivity index (χ3n) is 3.40. The molecule has 0 aromatic heterocycles. The average molecular weight is 141 g/mol. The van der Waals surface area contributed by atoms with Crippen LogP contribution in [0.2, 0.25) is 0 Å². The molecule has 0 bridgehead atoms. The van der Waals surface area contributed by atoms with Crippen LogP contribution in [-0.4, -0.2) is 13.1 Å². The van der Waals surface area contributed by atoms with Crippen LogP contribution < -0.4 is 5.32 Å². The first kappa shape index (κ1) is 8.06. The molecule has 1 rings (SSSR count). The highest BCUT2D eigenvalue weighted by Gasteiger charge is 2.37. The second kappa shape index (κ2) is 2.54. The molecule has 1 saturated heterocycles. The lowest BCUT2D eigenvalue weighted by molar-refractivity contribution is 0.183. The van der Waals surface area contributed by atoms with E-state index in [1.54, 1.807) is 0 Å². The van der Waals surface area contributed by atoms with Gasteiger partial charge in [-0.3, -0.25) is 0 Å². The summed E-state index contributed by atoms with van der Waals surface area (Å²) >= 11 is 0. The van der Waals surface area contributed by atoms with E-state index in [2.05, 4.69) is 33.0 Å². The Hall–Kier alpha value is -0.0400. The molecule has 0 spiro atoms. The van der Waals surface area contributed by atoms with E-state index in [1.165, 1.54) is 13.1 Å². The van der Waals surface area contributed by atoms with Crippen LogP contribution in [0.3, 0.4) is 0 Å². The Morgan fingerprint density at radius 2 is 2.10 bits per heavy atom. The van der Waals surface area contributed by atoms with Gasteiger partial charge in [0.05, 0.1) is 0 Å². The standard InChI is InChI=1S/C9H19N/c1-7(2)9(4)6-10-5-8(9)3/h7-8,10H,5-6H2,1-4H3/t8-,9+/m0/s1. The molecular weight excluding hydrogens is 122 g/mol. The van der Waals surface area contributed by atoms with Crippen LogP contribution in [0, 0.1) is 17.3 Å². The van der Waals surface area contributed by atoms with E-state index < -0.39 is 0 Å². The summed E-state index contributed by atoms with van der Waals surface area (Å²) in [7, 11) is 0. The van der Waals surface area contributed by atoms with Gasteiger partial charge in [0.15, 0.2) is 0 Å². The fourth-order valence-corrected chi connectivity index (χ4v) is 1.74. The monoisotopic (exact) mass is 141 g/mol. The van der Waals surface area contributed by atoms with Crippen LogP contribution in [0.4, 0.5) is 0 Å². The van der Waals surface area contributed by atoms with Gasteiger partial charge in [-0.05, 0) is 23.8 Å². The van der Waals surface area contributed by atoms with Crippen molar-refractivity contribution in [2.24, 2.45) is 17.3 Å². The zero-order valence-electron chi connectivity index (χ0n) is 7.57. The summed E-state index contributed by atoms with van der Waals surface area (Å²) in [6.45, 7) is 11.8. The van der Waals surface area contributed by atoms with Crippen LogP contribution in [0.25, 0.3) is 0 Å². The van der Waals surface area contributed by atoms with Crippen LogP contribution in [0.5, 0.6) is 0 Å². The molecule has 1 heteroatoms. The Balaban J connectivity index is 2.66. The third kappa shape index (κ3) is 1.07. The van der Waals surface area contributed by atoms with Crippen molar-refractivity contribution in [3.8, 4) is 0 Å². The summed E-state index contributed by atoms with van der Waals surface area (Å²) in [5.41, 5.74) is 0.542. The zero-order valence-corrected chi connectivity index (χ0v) is 7.57. The molecule has 0 radical (unpaired) electrons. The third-order valence-corrected chi connectivity index (χ3v) is 3.40. The van der Waals surface area contributed by atoms with E-state index in [4.69, 9.17) is 0 Å². The van der Waals surface area contributed by atoms with Gasteiger partial charge in [0.1, 0.15) is 0 Å². The molecule has 0 amide bonds. The van der Waals surface area contributed by atoms with Crippen molar-refractivity contribution in [1.82, 2.24) is 5.32 Å². The minimum Gasteiger partial charge on any atom is -0.316 e. The van der Waals surface area contributed by atoms with Gasteiger partial charge in [-0.2, -0.15) is 0 Å². The first-order valence-electron chi connectivity index (χ1n) is 4.28. The van der Waals surface area contributed by atoms with Crippen LogP contribution in [0.15, 0.2) is 0 Å². The molecule has 0 aliphatic carbocycles. The lowest BCUT2D eigenvalue weighted by atomic mass is 9.72. The molecule has 10 heavy (non-hydrogen) atoms. The van der Waals surface area contributed by atoms with E-state index in [0.717, 1.165) is 11.8 Å². The van der Waals surface area contributed by atoms with Crippen molar-refractivity contribution >= 4 is 0 Å². The highest BCUT2D eigenvalue weighted by Crippen LogP contribution is 2.37. The van der Waals surface area contributed by atoms with Gasteiger partial charge in [-0.15, -0.1) is 0 Å². The second-order valence-electron chi connectivity index (χ2n) is 4.19. The van der Waals surface area contributed by atoms with Gasteiger partial charge >= 0.3 is 0 Å². The van der Waals surface area contributed by atoms with Crippen molar-refractivity contribution < 1.29 is 0 Å². The van der Waals surface area contributed by atoms with Gasteiger partial charge in [0.25, 0.3) is 0 Å². The summed E-state index contributed by atoms with van der Waals surface area (Å²) in [6.07, 6.45) is 0. The minimum absolute atomic E-state index is 0.542. The number of rotatable bonds is 1. The molecule has 1 heterocycles. The Labute approximate surface area is 64.2 Å². The average Bonchev–Trinajstić information content (AvgIpc) is 2.15. The quantitative estimate of drug-likeness (QED) is 0.588. The fraction of sp³-hybridized carbons (Fsp3) is 1.00. The van der Waals surface area contributed by atoms with Crippen LogP contribution in [-0.2, 0) is 0 Å². The molecule has 0 aromatic rings. The van der Waals surface area contributed by atoms with Crippen LogP contribution in [0.1, 0.15) is 27.7 Å². The summed E-state index contributed by atoms with van der Waals surface area (Å²) in [4.78, 5) is 0. The molecule has 0 unspecified atom stereocenters. The van der Waals surface area contributed by atoms with E-state index in [0.29, 0.717) is 5.41 Å². The summed E-state index contributed by atoms with van der Waals surface area (Å²) < 4.78 is 0. The van der Waals surface area contributed by atoms with E-state index >= 15 is 0 Å². The van der Waals surface area contributed by atoms with Gasteiger partial charge in [0, 0.05) is 6.54 Å². The molecule has 1 fully saturated rings. The van der Waals surface area contributed by atoms with Crippen molar-refractivity contribution in [1.29, 1.82) is 0 Å². The van der Waals surface area contributed by atoms with E-state index in [1.807, 2.05) is 0 Å². The van der Waals surface area contributed by atoms with Crippen molar-refractivity contribution in [3.63, 3.8) is 0 Å². The van der Waals surface area contributed by atoms with Crippen molar-refractivity contribution in [2.45, 2.75) is 27.7 Å². The Kier molecular flexibility index (Phi) is 2.04. The number of hydrogen-bond acceptors (Lipinski definition) is 1. The lowest BCUT2D eigenvalue weighted by Gasteiger charge is -2.32. The Morgan fingerprint density at radius 3 is 2.30 bits per heavy atom. The maximum Gasteiger partial charge on any atom is 0.00108 e. The van der Waals surface area contributed by atoms with Gasteiger partial charge < -0.3 is 5.32 Å². The van der Waals surface area contributed by atoms with E-state index in [9.17, 15) is 0 Å². The zero-order chi connectivity index (χ0) is 7.78. The normalized spacial score (nSPS) is 41.1. The van der Waals surface area contributed by atoms with Gasteiger partial charge in [-0.25, -0.2) is 0 Å². The molecule has 0 aromatic carbocycles. The summed E-state index contributed by atoms with van der Waals surface area (Å²) in [6, 6.07) is 0. The smallest absolute Gasteiger partial charge is 0.00108 e. The molecule has 2 atom stereocenters. The molecular formula is C9H19N. The fourth-order valence-electron chi connectivity index (χ4n) is 1.74. The predicted molar refractivity (Wildman–Crippen MR) is 45.0 cm³/mol. The molecule has 1 N–H and O–H groups in total. The SMILES string of the molecule is CC(C)[C@@]1(C)CNC[C@@H]1C. The predicted octanol–water partition coefficient (Wildman–Crippen LogP) is 1.89. The molecule has 0 saturated carbocycles. The van der Waals surface area contributed by atoms with Gasteiger partial charge in [0.2, 0.25) is 0 Å². The van der Waals surface area contributed by atoms with Crippen LogP contribution >= 0.6 is 0 Å². The lowest BCUT2D eigenvalue weighted by Crippen LogP contribution is -2.30. The molecule has 60 valence electrons. The Bertz CT molecular complexity index is 120. The molecule has 1 nitrogen and oxygen atoms in total. The molecule has 1 aliphatic rings. The molecule has 1 aliphatic heterocycles. The van der Waals surface area contributed by atoms with Crippen molar-refractivity contribution in [3.05, 3.63) is 0 Å². The first-order chi connectivity index (χ1) is 4.57. The highest BCUT2D eigenvalue weighted by molar-refractivity contribution is 4.91. The summed E-state index contributed by atoms with van der Waals surface area (Å²) in [5, 5.41) is 3.44. The summed E-state index contributed by atoms with van der Waals surface area (Å²) in [5.74, 6) is 1.64. The first-order valence-corrected chi connectivity index (χ1v) is 4.28. The Morgan fingerprint density at radius 1 is 1.50 bits per heavy atom. The van der Waals surface area contributed by atoms with Crippen molar-refractivity contribution in [2.75, 3.05) is 13.1 Å². The maximum atomic E-state index is 3.44. The highest BCUT2D eigenvalue weighted by atomic mass is 14.9.